The summed E-state index contributed by atoms with van der Waals surface area (Å²) in [5.41, 5.74) is 0.678. The molecule has 2 aromatic rings. The van der Waals surface area contributed by atoms with E-state index in [-0.39, 0.29) is 11.4 Å². The average Bonchev–Trinajstić information content (AvgIpc) is 2.37. The van der Waals surface area contributed by atoms with Crippen molar-refractivity contribution in [2.24, 2.45) is 0 Å². The molecule has 0 fully saturated rings. The SMILES string of the molecule is COC(=O)c1cc(O)c2cc(SC)ccc2n1. The summed E-state index contributed by atoms with van der Waals surface area (Å²) in [4.78, 5) is 16.5. The average molecular weight is 249 g/mol. The van der Waals surface area contributed by atoms with Gasteiger partial charge in [-0.05, 0) is 24.5 Å². The lowest BCUT2D eigenvalue weighted by atomic mass is 10.2. The Balaban J connectivity index is 2.63. The van der Waals surface area contributed by atoms with Crippen molar-refractivity contribution in [1.82, 2.24) is 4.98 Å². The number of esters is 1. The fourth-order valence-electron chi connectivity index (χ4n) is 1.52. The molecular weight excluding hydrogens is 238 g/mol. The van der Waals surface area contributed by atoms with Gasteiger partial charge in [-0.25, -0.2) is 9.78 Å². The number of aromatic hydroxyl groups is 1. The van der Waals surface area contributed by atoms with Crippen LogP contribution in [-0.2, 0) is 4.74 Å². The molecule has 0 radical (unpaired) electrons. The van der Waals surface area contributed by atoms with Crippen LogP contribution >= 0.6 is 11.8 Å². The van der Waals surface area contributed by atoms with Gasteiger partial charge in [0.1, 0.15) is 5.75 Å². The van der Waals surface area contributed by atoms with Gasteiger partial charge in [0.15, 0.2) is 5.69 Å². The molecule has 0 aliphatic rings. The standard InChI is InChI=1S/C12H11NO3S/c1-16-12(15)10-6-11(14)8-5-7(17-2)3-4-9(8)13-10/h3-6H,1-2H3,(H,13,14). The number of hydrogen-bond donors (Lipinski definition) is 1. The van der Waals surface area contributed by atoms with Crippen LogP contribution < -0.4 is 0 Å². The summed E-state index contributed by atoms with van der Waals surface area (Å²) in [6, 6.07) is 6.81. The maximum Gasteiger partial charge on any atom is 0.356 e. The van der Waals surface area contributed by atoms with Gasteiger partial charge < -0.3 is 9.84 Å². The van der Waals surface area contributed by atoms with Crippen LogP contribution in [0.1, 0.15) is 10.5 Å². The quantitative estimate of drug-likeness (QED) is 0.654. The van der Waals surface area contributed by atoms with Gasteiger partial charge in [0.2, 0.25) is 0 Å². The second-order valence-corrected chi connectivity index (χ2v) is 4.28. The Hall–Kier alpha value is -1.75. The third kappa shape index (κ3) is 2.19. The van der Waals surface area contributed by atoms with Gasteiger partial charge in [-0.1, -0.05) is 0 Å². The van der Waals surface area contributed by atoms with Crippen LogP contribution in [0.3, 0.4) is 0 Å². The molecule has 0 atom stereocenters. The van der Waals surface area contributed by atoms with E-state index in [1.54, 1.807) is 17.8 Å². The van der Waals surface area contributed by atoms with Crippen molar-refractivity contribution < 1.29 is 14.6 Å². The highest BCUT2D eigenvalue weighted by molar-refractivity contribution is 7.98. The maximum atomic E-state index is 11.3. The minimum atomic E-state index is -0.559. The zero-order chi connectivity index (χ0) is 12.4. The number of carbonyl (C=O) groups excluding carboxylic acids is 1. The van der Waals surface area contributed by atoms with E-state index in [2.05, 4.69) is 9.72 Å². The second-order valence-electron chi connectivity index (χ2n) is 3.40. The zero-order valence-electron chi connectivity index (χ0n) is 9.43. The van der Waals surface area contributed by atoms with E-state index in [1.807, 2.05) is 18.4 Å². The number of fused-ring (bicyclic) bond motifs is 1. The summed E-state index contributed by atoms with van der Waals surface area (Å²) >= 11 is 1.58. The van der Waals surface area contributed by atoms with Crippen LogP contribution in [0.5, 0.6) is 5.75 Å². The Bertz CT molecular complexity index is 583. The first-order valence-corrected chi connectivity index (χ1v) is 6.14. The smallest absolute Gasteiger partial charge is 0.356 e. The number of thioether (sulfide) groups is 1. The van der Waals surface area contributed by atoms with E-state index in [1.165, 1.54) is 13.2 Å². The van der Waals surface area contributed by atoms with E-state index in [0.717, 1.165) is 4.90 Å². The number of methoxy groups -OCH3 is 1. The molecule has 1 heterocycles. The first-order chi connectivity index (χ1) is 8.15. The maximum absolute atomic E-state index is 11.3. The lowest BCUT2D eigenvalue weighted by Gasteiger charge is -2.05. The van der Waals surface area contributed by atoms with Crippen LogP contribution in [0.25, 0.3) is 10.9 Å². The summed E-state index contributed by atoms with van der Waals surface area (Å²) in [5.74, 6) is -0.526. The molecule has 0 spiro atoms. The minimum Gasteiger partial charge on any atom is -0.507 e. The molecule has 1 aromatic carbocycles. The summed E-state index contributed by atoms with van der Waals surface area (Å²) < 4.78 is 4.57. The van der Waals surface area contributed by atoms with Crippen molar-refractivity contribution in [2.75, 3.05) is 13.4 Å². The summed E-state index contributed by atoms with van der Waals surface area (Å²) in [6.45, 7) is 0. The topological polar surface area (TPSA) is 59.4 Å². The van der Waals surface area contributed by atoms with Crippen molar-refractivity contribution >= 4 is 28.6 Å². The van der Waals surface area contributed by atoms with Gasteiger partial charge >= 0.3 is 5.97 Å². The fourth-order valence-corrected chi connectivity index (χ4v) is 1.96. The molecule has 0 aliphatic heterocycles. The minimum absolute atomic E-state index is 0.0336. The molecule has 0 aliphatic carbocycles. The van der Waals surface area contributed by atoms with Crippen LogP contribution in [0, 0.1) is 0 Å². The van der Waals surface area contributed by atoms with Crippen LogP contribution in [0.4, 0.5) is 0 Å². The highest BCUT2D eigenvalue weighted by Crippen LogP contribution is 2.28. The van der Waals surface area contributed by atoms with E-state index >= 15 is 0 Å². The number of nitrogens with zero attached hydrogens (tertiary/aromatic N) is 1. The van der Waals surface area contributed by atoms with Gasteiger partial charge in [-0.2, -0.15) is 0 Å². The number of carbonyl (C=O) groups is 1. The predicted octanol–water partition coefficient (Wildman–Crippen LogP) is 2.45. The molecule has 1 aromatic heterocycles. The summed E-state index contributed by atoms with van der Waals surface area (Å²) in [5, 5.41) is 10.5. The first-order valence-electron chi connectivity index (χ1n) is 4.92. The van der Waals surface area contributed by atoms with Gasteiger partial charge in [0.05, 0.1) is 12.6 Å². The molecule has 2 rings (SSSR count). The van der Waals surface area contributed by atoms with E-state index in [9.17, 15) is 9.90 Å². The number of hydrogen-bond acceptors (Lipinski definition) is 5. The number of rotatable bonds is 2. The van der Waals surface area contributed by atoms with Gasteiger partial charge in [-0.3, -0.25) is 0 Å². The van der Waals surface area contributed by atoms with Crippen LogP contribution in [0.2, 0.25) is 0 Å². The molecule has 4 nitrogen and oxygen atoms in total. The van der Waals surface area contributed by atoms with Crippen molar-refractivity contribution in [2.45, 2.75) is 4.90 Å². The highest BCUT2D eigenvalue weighted by Gasteiger charge is 2.12. The van der Waals surface area contributed by atoms with Crippen molar-refractivity contribution in [3.05, 3.63) is 30.0 Å². The summed E-state index contributed by atoms with van der Waals surface area (Å²) in [7, 11) is 1.28. The second kappa shape index (κ2) is 4.63. The number of benzene rings is 1. The Morgan fingerprint density at radius 2 is 2.18 bits per heavy atom. The van der Waals surface area contributed by atoms with Gasteiger partial charge in [0, 0.05) is 16.3 Å². The molecule has 0 bridgehead atoms. The number of aromatic nitrogens is 1. The van der Waals surface area contributed by atoms with Crippen molar-refractivity contribution in [3.63, 3.8) is 0 Å². The molecule has 88 valence electrons. The zero-order valence-corrected chi connectivity index (χ0v) is 10.2. The predicted molar refractivity (Wildman–Crippen MR) is 66.5 cm³/mol. The Kier molecular flexibility index (Phi) is 3.19. The van der Waals surface area contributed by atoms with Crippen molar-refractivity contribution in [1.29, 1.82) is 0 Å². The monoisotopic (exact) mass is 249 g/mol. The molecule has 5 heteroatoms. The first kappa shape index (κ1) is 11.7. The summed E-state index contributed by atoms with van der Waals surface area (Å²) in [6.07, 6.45) is 1.95. The van der Waals surface area contributed by atoms with Crippen LogP contribution in [0.15, 0.2) is 29.2 Å². The molecule has 0 unspecified atom stereocenters. The Morgan fingerprint density at radius 3 is 2.82 bits per heavy atom. The van der Waals surface area contributed by atoms with Crippen molar-refractivity contribution in [3.8, 4) is 5.75 Å². The normalized spacial score (nSPS) is 10.5. The molecule has 1 N–H and O–H groups in total. The molecule has 17 heavy (non-hydrogen) atoms. The van der Waals surface area contributed by atoms with Gasteiger partial charge in [-0.15, -0.1) is 11.8 Å². The molecule has 0 saturated carbocycles. The number of pyridine rings is 1. The molecular formula is C12H11NO3S. The van der Waals surface area contributed by atoms with E-state index < -0.39 is 5.97 Å². The Morgan fingerprint density at radius 1 is 1.41 bits per heavy atom. The van der Waals surface area contributed by atoms with E-state index in [4.69, 9.17) is 0 Å². The third-order valence-electron chi connectivity index (χ3n) is 2.39. The van der Waals surface area contributed by atoms with Gasteiger partial charge in [0.25, 0.3) is 0 Å². The lowest BCUT2D eigenvalue weighted by Crippen LogP contribution is -2.04. The fraction of sp³-hybridized carbons (Fsp3) is 0.167. The highest BCUT2D eigenvalue weighted by atomic mass is 32.2. The lowest BCUT2D eigenvalue weighted by molar-refractivity contribution is 0.0594. The molecule has 0 amide bonds. The molecule has 0 saturated heterocycles. The van der Waals surface area contributed by atoms with E-state index in [0.29, 0.717) is 10.9 Å². The third-order valence-corrected chi connectivity index (χ3v) is 3.11. The Labute approximate surface area is 103 Å². The van der Waals surface area contributed by atoms with Crippen LogP contribution in [-0.4, -0.2) is 29.4 Å². The largest absolute Gasteiger partial charge is 0.507 e. The number of ether oxygens (including phenoxy) is 1.